The largest absolute Gasteiger partial charge is 0.405 e. The van der Waals surface area contributed by atoms with E-state index in [1.165, 1.54) is 21.9 Å². The summed E-state index contributed by atoms with van der Waals surface area (Å²) in [5.41, 5.74) is 6.41. The summed E-state index contributed by atoms with van der Waals surface area (Å²) in [5, 5.41) is 20.7. The smallest absolute Gasteiger partial charge is 0.387 e. The monoisotopic (exact) mass is 416 g/mol. The van der Waals surface area contributed by atoms with Crippen molar-refractivity contribution >= 4 is 24.7 Å². The molecule has 2 aliphatic heterocycles. The van der Waals surface area contributed by atoms with Crippen LogP contribution in [0.2, 0.25) is 0 Å². The van der Waals surface area contributed by atoms with Crippen LogP contribution in [-0.4, -0.2) is 90.5 Å². The minimum atomic E-state index is -4.07. The third-order valence-electron chi connectivity index (χ3n) is 4.75. The molecule has 0 bridgehead atoms. The van der Waals surface area contributed by atoms with Crippen molar-refractivity contribution in [3.63, 3.8) is 0 Å². The Morgan fingerprint density at radius 1 is 1.25 bits per heavy atom. The Balaban J connectivity index is 1.47. The van der Waals surface area contributed by atoms with E-state index in [2.05, 4.69) is 15.0 Å². The molecule has 5 N–H and O–H groups in total. The number of hydrogen-bond acceptors (Lipinski definition) is 10. The number of hydrogen-bond donors (Lipinski definition) is 4. The van der Waals surface area contributed by atoms with E-state index in [0.717, 1.165) is 0 Å². The molecular formula is C14H21N6O7P. The molecule has 28 heavy (non-hydrogen) atoms. The Hall–Kier alpha value is -1.70. The van der Waals surface area contributed by atoms with Crippen LogP contribution in [0.1, 0.15) is 6.23 Å². The molecular weight excluding hydrogens is 395 g/mol. The van der Waals surface area contributed by atoms with Crippen molar-refractivity contribution < 1.29 is 33.7 Å². The lowest BCUT2D eigenvalue weighted by molar-refractivity contribution is -0.0507. The van der Waals surface area contributed by atoms with Crippen molar-refractivity contribution in [3.8, 4) is 0 Å². The molecule has 2 unspecified atom stereocenters. The van der Waals surface area contributed by atoms with Crippen molar-refractivity contribution in [1.82, 2.24) is 24.2 Å². The fourth-order valence-electron chi connectivity index (χ4n) is 3.21. The van der Waals surface area contributed by atoms with Gasteiger partial charge in [0.15, 0.2) is 17.7 Å². The van der Waals surface area contributed by atoms with Gasteiger partial charge in [-0.25, -0.2) is 24.2 Å². The van der Waals surface area contributed by atoms with Crippen LogP contribution >= 0.6 is 7.75 Å². The molecule has 0 aromatic carbocycles. The molecule has 2 fully saturated rings. The lowest BCUT2D eigenvalue weighted by Crippen LogP contribution is -2.36. The van der Waals surface area contributed by atoms with E-state index < -0.39 is 32.3 Å². The molecule has 14 heteroatoms. The van der Waals surface area contributed by atoms with Crippen LogP contribution in [0.5, 0.6) is 0 Å². The highest BCUT2D eigenvalue weighted by Crippen LogP contribution is 2.47. The number of aliphatic hydroxyl groups excluding tert-OH is 2. The van der Waals surface area contributed by atoms with Crippen LogP contribution in [-0.2, 0) is 18.6 Å². The summed E-state index contributed by atoms with van der Waals surface area (Å²) in [7, 11) is -4.07. The van der Waals surface area contributed by atoms with Crippen molar-refractivity contribution in [2.24, 2.45) is 0 Å². The van der Waals surface area contributed by atoms with Gasteiger partial charge in [0, 0.05) is 13.1 Å². The number of imidazole rings is 1. The summed E-state index contributed by atoms with van der Waals surface area (Å²) in [6.07, 6.45) is -2.11. The van der Waals surface area contributed by atoms with Gasteiger partial charge in [0.2, 0.25) is 0 Å². The molecule has 0 radical (unpaired) electrons. The highest BCUT2D eigenvalue weighted by Gasteiger charge is 2.45. The fourth-order valence-corrected chi connectivity index (χ4v) is 4.38. The normalized spacial score (nSPS) is 31.2. The number of rotatable bonds is 5. The van der Waals surface area contributed by atoms with Crippen LogP contribution in [0.15, 0.2) is 12.7 Å². The summed E-state index contributed by atoms with van der Waals surface area (Å²) in [4.78, 5) is 22.2. The summed E-state index contributed by atoms with van der Waals surface area (Å²) in [6, 6.07) is 0. The second kappa shape index (κ2) is 7.61. The van der Waals surface area contributed by atoms with Gasteiger partial charge in [0.25, 0.3) is 0 Å². The van der Waals surface area contributed by atoms with E-state index in [1.807, 2.05) is 0 Å². The summed E-state index contributed by atoms with van der Waals surface area (Å²) < 4.78 is 31.1. The van der Waals surface area contributed by atoms with E-state index in [1.54, 1.807) is 0 Å². The number of fused-ring (bicyclic) bond motifs is 1. The van der Waals surface area contributed by atoms with Crippen LogP contribution < -0.4 is 5.73 Å². The van der Waals surface area contributed by atoms with Gasteiger partial charge in [-0.05, 0) is 0 Å². The predicted octanol–water partition coefficient (Wildman–Crippen LogP) is -1.52. The zero-order valence-electron chi connectivity index (χ0n) is 14.7. The third kappa shape index (κ3) is 3.51. The first-order valence-corrected chi connectivity index (χ1v) is 10.2. The maximum Gasteiger partial charge on any atom is 0.405 e. The minimum absolute atomic E-state index is 0.170. The lowest BCUT2D eigenvalue weighted by Gasteiger charge is -2.30. The highest BCUT2D eigenvalue weighted by molar-refractivity contribution is 7.50. The van der Waals surface area contributed by atoms with Crippen molar-refractivity contribution in [1.29, 1.82) is 0 Å². The van der Waals surface area contributed by atoms with Gasteiger partial charge in [-0.1, -0.05) is 0 Å². The van der Waals surface area contributed by atoms with Gasteiger partial charge in [0.05, 0.1) is 26.1 Å². The van der Waals surface area contributed by atoms with Crippen molar-refractivity contribution in [3.05, 3.63) is 12.7 Å². The molecule has 0 spiro atoms. The second-order valence-electron chi connectivity index (χ2n) is 6.48. The molecule has 2 aliphatic rings. The van der Waals surface area contributed by atoms with Gasteiger partial charge >= 0.3 is 7.75 Å². The first-order valence-electron chi connectivity index (χ1n) is 8.63. The molecule has 2 aromatic heterocycles. The average molecular weight is 416 g/mol. The number of nitrogens with zero attached hydrogens (tertiary/aromatic N) is 5. The number of morpholine rings is 1. The second-order valence-corrected chi connectivity index (χ2v) is 8.29. The van der Waals surface area contributed by atoms with Crippen LogP contribution in [0.3, 0.4) is 0 Å². The van der Waals surface area contributed by atoms with E-state index in [9.17, 15) is 19.7 Å². The predicted molar refractivity (Wildman–Crippen MR) is 93.8 cm³/mol. The first-order chi connectivity index (χ1) is 13.4. The average Bonchev–Trinajstić information content (AvgIpc) is 3.24. The van der Waals surface area contributed by atoms with Gasteiger partial charge in [-0.15, -0.1) is 0 Å². The SMILES string of the molecule is Nc1ncnc2c1ncn2[C@@H]1OC(COP(=O)(O)N2CCOCC2)[C@@H](O)[C@H]1O. The molecule has 4 heterocycles. The number of anilines is 1. The van der Waals surface area contributed by atoms with Crippen molar-refractivity contribution in [2.45, 2.75) is 24.5 Å². The first kappa shape index (κ1) is 19.6. The van der Waals surface area contributed by atoms with E-state index >= 15 is 0 Å². The zero-order chi connectivity index (χ0) is 19.9. The molecule has 2 saturated heterocycles. The molecule has 4 rings (SSSR count). The highest BCUT2D eigenvalue weighted by atomic mass is 31.2. The van der Waals surface area contributed by atoms with Crippen LogP contribution in [0.25, 0.3) is 11.2 Å². The van der Waals surface area contributed by atoms with E-state index in [-0.39, 0.29) is 25.5 Å². The molecule has 13 nitrogen and oxygen atoms in total. The Morgan fingerprint density at radius 3 is 2.75 bits per heavy atom. The quantitative estimate of drug-likeness (QED) is 0.414. The van der Waals surface area contributed by atoms with E-state index in [0.29, 0.717) is 24.4 Å². The fraction of sp³-hybridized carbons (Fsp3) is 0.643. The van der Waals surface area contributed by atoms with Crippen molar-refractivity contribution in [2.75, 3.05) is 38.6 Å². The topological polar surface area (TPSA) is 178 Å². The molecule has 2 aromatic rings. The molecule has 0 amide bonds. The number of nitrogens with two attached hydrogens (primary N) is 1. The Labute approximate surface area is 159 Å². The Kier molecular flexibility index (Phi) is 5.33. The van der Waals surface area contributed by atoms with Gasteiger partial charge < -0.3 is 30.3 Å². The lowest BCUT2D eigenvalue weighted by atomic mass is 10.1. The molecule has 154 valence electrons. The zero-order valence-corrected chi connectivity index (χ0v) is 15.6. The Bertz CT molecular complexity index is 890. The molecule has 0 aliphatic carbocycles. The third-order valence-corrected chi connectivity index (χ3v) is 6.35. The van der Waals surface area contributed by atoms with Gasteiger partial charge in [-0.3, -0.25) is 9.09 Å². The number of aliphatic hydroxyl groups is 2. The Morgan fingerprint density at radius 2 is 2.00 bits per heavy atom. The maximum absolute atomic E-state index is 12.4. The van der Waals surface area contributed by atoms with Crippen LogP contribution in [0, 0.1) is 0 Å². The maximum atomic E-state index is 12.4. The minimum Gasteiger partial charge on any atom is -0.387 e. The van der Waals surface area contributed by atoms with E-state index in [4.69, 9.17) is 19.7 Å². The number of aromatic nitrogens is 4. The van der Waals surface area contributed by atoms with Gasteiger partial charge in [0.1, 0.15) is 30.2 Å². The van der Waals surface area contributed by atoms with Crippen LogP contribution in [0.4, 0.5) is 5.82 Å². The van der Waals surface area contributed by atoms with Gasteiger partial charge in [-0.2, -0.15) is 0 Å². The molecule has 5 atom stereocenters. The summed E-state index contributed by atoms with van der Waals surface area (Å²) >= 11 is 0. The summed E-state index contributed by atoms with van der Waals surface area (Å²) in [5.74, 6) is 0.170. The summed E-state index contributed by atoms with van der Waals surface area (Å²) in [6.45, 7) is 0.792. The molecule has 0 saturated carbocycles. The number of ether oxygens (including phenoxy) is 2. The number of nitrogen functional groups attached to an aromatic ring is 1. The standard InChI is InChI=1S/C14H21N6O7P/c15-12-9-13(17-6-16-12)20(7-18-9)14-11(22)10(21)8(27-14)5-26-28(23,24)19-1-3-25-4-2-19/h6-8,10-11,14,21-22H,1-5H2,(H,23,24)(H2,15,16,17)/t8?,10-,11-,14-/m1/s1.